The molecule has 2 aliphatic rings. The second-order valence-electron chi connectivity index (χ2n) is 6.82. The van der Waals surface area contributed by atoms with Gasteiger partial charge in [0.05, 0.1) is 24.9 Å². The van der Waals surface area contributed by atoms with Gasteiger partial charge in [0.1, 0.15) is 11.0 Å². The minimum absolute atomic E-state index is 0.0172. The number of ether oxygens (including phenoxy) is 1. The Morgan fingerprint density at radius 2 is 1.77 bits per heavy atom. The average molecular weight is 374 g/mol. The van der Waals surface area contributed by atoms with E-state index in [4.69, 9.17) is 4.74 Å². The zero-order valence-corrected chi connectivity index (χ0v) is 15.4. The maximum absolute atomic E-state index is 12.9. The van der Waals surface area contributed by atoms with Gasteiger partial charge in [0.2, 0.25) is 0 Å². The van der Waals surface area contributed by atoms with Crippen LogP contribution in [-0.4, -0.2) is 69.3 Å². The lowest BCUT2D eigenvalue weighted by Gasteiger charge is -2.34. The molecule has 1 aromatic carbocycles. The Balaban J connectivity index is 1.45. The number of aromatic nitrogens is 2. The quantitative estimate of drug-likeness (QED) is 0.803. The van der Waals surface area contributed by atoms with Gasteiger partial charge in [0.15, 0.2) is 6.10 Å². The second kappa shape index (κ2) is 7.67. The molecular formula is C18H22N4O3S. The second-order valence-corrected chi connectivity index (χ2v) is 7.35. The van der Waals surface area contributed by atoms with Gasteiger partial charge < -0.3 is 14.5 Å². The van der Waals surface area contributed by atoms with E-state index in [1.54, 1.807) is 17.0 Å². The topological polar surface area (TPSA) is 75.6 Å². The molecule has 3 heterocycles. The molecule has 0 N–H and O–H groups in total. The molecule has 0 bridgehead atoms. The summed E-state index contributed by atoms with van der Waals surface area (Å²) in [4.78, 5) is 29.3. The Bertz CT molecular complexity index is 801. The summed E-state index contributed by atoms with van der Waals surface area (Å²) in [6.07, 6.45) is 3.88. The number of amides is 2. The highest BCUT2D eigenvalue weighted by atomic mass is 32.1. The molecule has 0 radical (unpaired) electrons. The molecule has 0 aliphatic carbocycles. The van der Waals surface area contributed by atoms with Crippen LogP contribution in [0, 0.1) is 0 Å². The van der Waals surface area contributed by atoms with Gasteiger partial charge in [-0.15, -0.1) is 0 Å². The maximum atomic E-state index is 12.9. The summed E-state index contributed by atoms with van der Waals surface area (Å²) in [6, 6.07) is 5.35. The first kappa shape index (κ1) is 17.4. The highest BCUT2D eigenvalue weighted by Crippen LogP contribution is 2.18. The van der Waals surface area contributed by atoms with Crippen LogP contribution in [0.1, 0.15) is 36.0 Å². The van der Waals surface area contributed by atoms with Crippen molar-refractivity contribution in [2.24, 2.45) is 0 Å². The van der Waals surface area contributed by atoms with E-state index in [9.17, 15) is 9.59 Å². The largest absolute Gasteiger partial charge is 0.365 e. The molecule has 26 heavy (non-hydrogen) atoms. The fourth-order valence-corrected chi connectivity index (χ4v) is 4.09. The standard InChI is InChI=1S/C18H22N4O3S/c23-17(13-5-6-14-15(11-13)20-26-19-14)22-9-10-25-16(12-22)18(24)21-7-3-1-2-4-8-21/h5-6,11,16H,1-4,7-10,12H2/t16-/m1/s1. The van der Waals surface area contributed by atoms with Crippen LogP contribution < -0.4 is 0 Å². The monoisotopic (exact) mass is 374 g/mol. The molecule has 2 saturated heterocycles. The number of rotatable bonds is 2. The zero-order valence-electron chi connectivity index (χ0n) is 14.6. The smallest absolute Gasteiger partial charge is 0.254 e. The lowest BCUT2D eigenvalue weighted by atomic mass is 10.1. The van der Waals surface area contributed by atoms with E-state index in [0.717, 1.165) is 48.7 Å². The van der Waals surface area contributed by atoms with Crippen LogP contribution in [-0.2, 0) is 9.53 Å². The predicted octanol–water partition coefficient (Wildman–Crippen LogP) is 1.93. The molecule has 8 heteroatoms. The van der Waals surface area contributed by atoms with Gasteiger partial charge in [-0.2, -0.15) is 8.75 Å². The number of hydrogen-bond donors (Lipinski definition) is 0. The van der Waals surface area contributed by atoms with Crippen molar-refractivity contribution < 1.29 is 14.3 Å². The van der Waals surface area contributed by atoms with Crippen molar-refractivity contribution in [1.29, 1.82) is 0 Å². The zero-order chi connectivity index (χ0) is 17.9. The van der Waals surface area contributed by atoms with Crippen molar-refractivity contribution in [1.82, 2.24) is 18.5 Å². The Hall–Kier alpha value is -2.06. The number of carbonyl (C=O) groups excluding carboxylic acids is 2. The third-order valence-corrected chi connectivity index (χ3v) is 5.60. The number of likely N-dealkylation sites (tertiary alicyclic amines) is 1. The average Bonchev–Trinajstić information content (AvgIpc) is 2.99. The molecule has 1 atom stereocenters. The molecule has 2 amide bonds. The fraction of sp³-hybridized carbons (Fsp3) is 0.556. The number of nitrogens with zero attached hydrogens (tertiary/aromatic N) is 4. The summed E-state index contributed by atoms with van der Waals surface area (Å²) >= 11 is 1.14. The van der Waals surface area contributed by atoms with Gasteiger partial charge in [-0.1, -0.05) is 12.8 Å². The number of hydrogen-bond acceptors (Lipinski definition) is 6. The first-order valence-corrected chi connectivity index (χ1v) is 9.87. The van der Waals surface area contributed by atoms with Crippen LogP contribution in [0.3, 0.4) is 0 Å². The van der Waals surface area contributed by atoms with Crippen LogP contribution >= 0.6 is 11.7 Å². The van der Waals surface area contributed by atoms with Crippen molar-refractivity contribution >= 4 is 34.6 Å². The van der Waals surface area contributed by atoms with Crippen LogP contribution in [0.2, 0.25) is 0 Å². The maximum Gasteiger partial charge on any atom is 0.254 e. The van der Waals surface area contributed by atoms with Crippen LogP contribution in [0.25, 0.3) is 11.0 Å². The summed E-state index contributed by atoms with van der Waals surface area (Å²) < 4.78 is 14.1. The summed E-state index contributed by atoms with van der Waals surface area (Å²) in [5.74, 6) is -0.0691. The van der Waals surface area contributed by atoms with Crippen molar-refractivity contribution in [2.75, 3.05) is 32.8 Å². The van der Waals surface area contributed by atoms with Crippen molar-refractivity contribution in [3.8, 4) is 0 Å². The Kier molecular flexibility index (Phi) is 5.12. The predicted molar refractivity (Wildman–Crippen MR) is 98.1 cm³/mol. The molecule has 2 aliphatic heterocycles. The van der Waals surface area contributed by atoms with Crippen molar-refractivity contribution in [3.05, 3.63) is 23.8 Å². The van der Waals surface area contributed by atoms with Gasteiger partial charge in [0, 0.05) is 25.2 Å². The lowest BCUT2D eigenvalue weighted by molar-refractivity contribution is -0.148. The summed E-state index contributed by atoms with van der Waals surface area (Å²) in [6.45, 7) is 2.77. The summed E-state index contributed by atoms with van der Waals surface area (Å²) in [5, 5.41) is 0. The Labute approximate surface area is 156 Å². The normalized spacial score (nSPS) is 21.6. The Morgan fingerprint density at radius 3 is 2.58 bits per heavy atom. The molecule has 2 fully saturated rings. The molecule has 2 aromatic rings. The third-order valence-electron chi connectivity index (χ3n) is 5.05. The van der Waals surface area contributed by atoms with E-state index in [0.29, 0.717) is 25.3 Å². The fourth-order valence-electron chi connectivity index (χ4n) is 3.58. The molecule has 4 rings (SSSR count). The first-order chi connectivity index (χ1) is 12.7. The number of benzene rings is 1. The number of carbonyl (C=O) groups is 2. The van der Waals surface area contributed by atoms with E-state index in [1.165, 1.54) is 12.8 Å². The minimum Gasteiger partial charge on any atom is -0.365 e. The molecular weight excluding hydrogens is 352 g/mol. The van der Waals surface area contributed by atoms with Crippen LogP contribution in [0.4, 0.5) is 0 Å². The molecule has 7 nitrogen and oxygen atoms in total. The van der Waals surface area contributed by atoms with E-state index in [-0.39, 0.29) is 11.8 Å². The third kappa shape index (κ3) is 3.57. The van der Waals surface area contributed by atoms with E-state index in [1.807, 2.05) is 11.0 Å². The minimum atomic E-state index is -0.560. The van der Waals surface area contributed by atoms with Crippen molar-refractivity contribution in [2.45, 2.75) is 31.8 Å². The number of morpholine rings is 1. The van der Waals surface area contributed by atoms with Crippen molar-refractivity contribution in [3.63, 3.8) is 0 Å². The van der Waals surface area contributed by atoms with Crippen LogP contribution in [0.5, 0.6) is 0 Å². The SMILES string of the molecule is O=C(c1ccc2nsnc2c1)N1CCO[C@@H](C(=O)N2CCCCCC2)C1. The molecule has 138 valence electrons. The molecule has 0 spiro atoms. The van der Waals surface area contributed by atoms with Gasteiger partial charge in [0.25, 0.3) is 11.8 Å². The first-order valence-electron chi connectivity index (χ1n) is 9.14. The Morgan fingerprint density at radius 1 is 1.00 bits per heavy atom. The van der Waals surface area contributed by atoms with E-state index >= 15 is 0 Å². The van der Waals surface area contributed by atoms with Crippen LogP contribution in [0.15, 0.2) is 18.2 Å². The van der Waals surface area contributed by atoms with Gasteiger partial charge >= 0.3 is 0 Å². The van der Waals surface area contributed by atoms with E-state index < -0.39 is 6.10 Å². The molecule has 1 aromatic heterocycles. The highest BCUT2D eigenvalue weighted by molar-refractivity contribution is 7.00. The number of fused-ring (bicyclic) bond motifs is 1. The van der Waals surface area contributed by atoms with Gasteiger partial charge in [-0.25, -0.2) is 0 Å². The summed E-state index contributed by atoms with van der Waals surface area (Å²) in [7, 11) is 0. The van der Waals surface area contributed by atoms with E-state index in [2.05, 4.69) is 8.75 Å². The lowest BCUT2D eigenvalue weighted by Crippen LogP contribution is -2.52. The summed E-state index contributed by atoms with van der Waals surface area (Å²) in [5.41, 5.74) is 2.10. The van der Waals surface area contributed by atoms with Gasteiger partial charge in [-0.3, -0.25) is 9.59 Å². The molecule has 0 saturated carbocycles. The molecule has 0 unspecified atom stereocenters. The highest BCUT2D eigenvalue weighted by Gasteiger charge is 2.32. The van der Waals surface area contributed by atoms with Gasteiger partial charge in [-0.05, 0) is 31.0 Å².